The van der Waals surface area contributed by atoms with Crippen molar-refractivity contribution in [3.63, 3.8) is 0 Å². The number of rotatable bonds is 8. The van der Waals surface area contributed by atoms with E-state index < -0.39 is 6.04 Å². The van der Waals surface area contributed by atoms with Crippen LogP contribution in [0, 0.1) is 0 Å². The van der Waals surface area contributed by atoms with Crippen LogP contribution < -0.4 is 19.7 Å². The third-order valence-electron chi connectivity index (χ3n) is 6.61. The molecule has 1 saturated carbocycles. The Bertz CT molecular complexity index is 1260. The molecule has 194 valence electrons. The Labute approximate surface area is 219 Å². The van der Waals surface area contributed by atoms with Crippen LogP contribution in [0.4, 0.5) is 5.69 Å². The van der Waals surface area contributed by atoms with E-state index in [9.17, 15) is 9.59 Å². The third-order valence-corrected chi connectivity index (χ3v) is 6.86. The van der Waals surface area contributed by atoms with Crippen LogP contribution in [0.15, 0.2) is 42.5 Å². The number of aromatic nitrogens is 4. The number of benzene rings is 2. The van der Waals surface area contributed by atoms with Gasteiger partial charge in [-0.05, 0) is 60.9 Å². The lowest BCUT2D eigenvalue weighted by Gasteiger charge is -2.32. The lowest BCUT2D eigenvalue weighted by molar-refractivity contribution is -0.127. The molecule has 1 fully saturated rings. The van der Waals surface area contributed by atoms with E-state index in [4.69, 9.17) is 21.1 Å². The van der Waals surface area contributed by atoms with Gasteiger partial charge in [-0.15, -0.1) is 10.2 Å². The number of nitrogens with one attached hydrogen (secondary N) is 1. The molecule has 0 bridgehead atoms. The number of nitrogens with zero attached hydrogens (tertiary/aromatic N) is 5. The molecule has 0 spiro atoms. The first-order chi connectivity index (χ1) is 18.0. The Morgan fingerprint density at radius 1 is 1.11 bits per heavy atom. The summed E-state index contributed by atoms with van der Waals surface area (Å²) in [4.78, 5) is 29.9. The standard InChI is InChI=1S/C26H29ClN6O4/c1-2-21(26(35)28-19-5-3-4-6-19)33(20-11-12-22-23(15-20)37-14-13-36-22)24(34)16-32-30-25(29-31-32)17-7-9-18(27)10-8-17/h7-12,15,19,21H,2-6,13-14,16H2,1H3,(H,28,35)/t21-/m0/s1. The lowest BCUT2D eigenvalue weighted by atomic mass is 10.1. The number of hydrogen-bond acceptors (Lipinski definition) is 7. The van der Waals surface area contributed by atoms with Crippen LogP contribution in [0.5, 0.6) is 11.5 Å². The molecule has 10 nitrogen and oxygen atoms in total. The summed E-state index contributed by atoms with van der Waals surface area (Å²) in [7, 11) is 0. The number of fused-ring (bicyclic) bond motifs is 1. The van der Waals surface area contributed by atoms with Crippen LogP contribution in [-0.2, 0) is 16.1 Å². The molecule has 37 heavy (non-hydrogen) atoms. The summed E-state index contributed by atoms with van der Waals surface area (Å²) in [6, 6.07) is 11.7. The summed E-state index contributed by atoms with van der Waals surface area (Å²) in [6.45, 7) is 2.58. The molecule has 5 rings (SSSR count). The highest BCUT2D eigenvalue weighted by molar-refractivity contribution is 6.30. The van der Waals surface area contributed by atoms with Gasteiger partial charge in [0.2, 0.25) is 11.7 Å². The second-order valence-corrected chi connectivity index (χ2v) is 9.59. The molecule has 2 aromatic carbocycles. The molecule has 2 amide bonds. The topological polar surface area (TPSA) is 111 Å². The number of tetrazole rings is 1. The number of carbonyl (C=O) groups excluding carboxylic acids is 2. The average molecular weight is 525 g/mol. The van der Waals surface area contributed by atoms with Gasteiger partial charge < -0.3 is 14.8 Å². The molecule has 0 radical (unpaired) electrons. The molecule has 2 aliphatic rings. The summed E-state index contributed by atoms with van der Waals surface area (Å²) in [5, 5.41) is 16.3. The minimum Gasteiger partial charge on any atom is -0.486 e. The van der Waals surface area contributed by atoms with E-state index in [2.05, 4.69) is 20.7 Å². The molecule has 3 aromatic rings. The molecular weight excluding hydrogens is 496 g/mol. The van der Waals surface area contributed by atoms with Gasteiger partial charge >= 0.3 is 0 Å². The molecule has 1 N–H and O–H groups in total. The van der Waals surface area contributed by atoms with Gasteiger partial charge in [-0.25, -0.2) is 0 Å². The Kier molecular flexibility index (Phi) is 7.55. The van der Waals surface area contributed by atoms with Crippen LogP contribution in [0.2, 0.25) is 5.02 Å². The van der Waals surface area contributed by atoms with Crippen molar-refractivity contribution < 1.29 is 19.1 Å². The number of amides is 2. The monoisotopic (exact) mass is 524 g/mol. The zero-order chi connectivity index (χ0) is 25.8. The van der Waals surface area contributed by atoms with Crippen molar-refractivity contribution in [1.29, 1.82) is 0 Å². The molecule has 11 heteroatoms. The van der Waals surface area contributed by atoms with Gasteiger partial charge in [-0.3, -0.25) is 14.5 Å². The van der Waals surface area contributed by atoms with Gasteiger partial charge in [0.15, 0.2) is 11.5 Å². The van der Waals surface area contributed by atoms with Crippen LogP contribution in [0.1, 0.15) is 39.0 Å². The van der Waals surface area contributed by atoms with Gasteiger partial charge in [0.1, 0.15) is 25.8 Å². The molecular formula is C26H29ClN6O4. The van der Waals surface area contributed by atoms with E-state index in [1.54, 1.807) is 42.5 Å². The van der Waals surface area contributed by atoms with Crippen LogP contribution >= 0.6 is 11.6 Å². The van der Waals surface area contributed by atoms with Crippen molar-refractivity contribution in [3.8, 4) is 22.9 Å². The molecule has 0 saturated heterocycles. The van der Waals surface area contributed by atoms with Gasteiger partial charge in [-0.1, -0.05) is 31.4 Å². The normalized spacial score (nSPS) is 15.8. The van der Waals surface area contributed by atoms with E-state index in [0.717, 1.165) is 31.2 Å². The van der Waals surface area contributed by atoms with Crippen molar-refractivity contribution in [2.24, 2.45) is 0 Å². The predicted molar refractivity (Wildman–Crippen MR) is 138 cm³/mol. The van der Waals surface area contributed by atoms with Crippen molar-refractivity contribution in [3.05, 3.63) is 47.5 Å². The van der Waals surface area contributed by atoms with Gasteiger partial charge in [0.25, 0.3) is 5.91 Å². The Balaban J connectivity index is 1.42. The van der Waals surface area contributed by atoms with Crippen molar-refractivity contribution in [1.82, 2.24) is 25.5 Å². The molecule has 0 unspecified atom stereocenters. The van der Waals surface area contributed by atoms with E-state index >= 15 is 0 Å². The molecule has 1 aliphatic carbocycles. The van der Waals surface area contributed by atoms with E-state index in [0.29, 0.717) is 47.7 Å². The minimum atomic E-state index is -0.713. The second-order valence-electron chi connectivity index (χ2n) is 9.16. The average Bonchev–Trinajstić information content (AvgIpc) is 3.59. The highest BCUT2D eigenvalue weighted by atomic mass is 35.5. The zero-order valence-corrected chi connectivity index (χ0v) is 21.4. The van der Waals surface area contributed by atoms with Crippen LogP contribution in [0.25, 0.3) is 11.4 Å². The third kappa shape index (κ3) is 5.69. The zero-order valence-electron chi connectivity index (χ0n) is 20.6. The van der Waals surface area contributed by atoms with Crippen molar-refractivity contribution >= 4 is 29.1 Å². The number of ether oxygens (including phenoxy) is 2. The molecule has 1 aromatic heterocycles. The molecule has 2 heterocycles. The van der Waals surface area contributed by atoms with E-state index in [1.165, 1.54) is 9.70 Å². The summed E-state index contributed by atoms with van der Waals surface area (Å²) >= 11 is 5.97. The van der Waals surface area contributed by atoms with Gasteiger partial charge in [0, 0.05) is 28.4 Å². The first-order valence-corrected chi connectivity index (χ1v) is 13.0. The maximum Gasteiger partial charge on any atom is 0.251 e. The van der Waals surface area contributed by atoms with Crippen molar-refractivity contribution in [2.75, 3.05) is 18.1 Å². The van der Waals surface area contributed by atoms with Crippen LogP contribution in [0.3, 0.4) is 0 Å². The Hall–Kier alpha value is -3.66. The lowest BCUT2D eigenvalue weighted by Crippen LogP contribution is -2.52. The molecule has 1 atom stereocenters. The van der Waals surface area contributed by atoms with Crippen molar-refractivity contribution in [2.45, 2.75) is 57.7 Å². The number of hydrogen-bond donors (Lipinski definition) is 1. The number of halogens is 1. The quantitative estimate of drug-likeness (QED) is 0.479. The predicted octanol–water partition coefficient (Wildman–Crippen LogP) is 3.64. The Morgan fingerprint density at radius 3 is 2.57 bits per heavy atom. The Morgan fingerprint density at radius 2 is 1.84 bits per heavy atom. The fourth-order valence-corrected chi connectivity index (χ4v) is 4.88. The maximum absolute atomic E-state index is 13.7. The van der Waals surface area contributed by atoms with Crippen LogP contribution in [-0.4, -0.2) is 57.3 Å². The van der Waals surface area contributed by atoms with Gasteiger partial charge in [0.05, 0.1) is 0 Å². The minimum absolute atomic E-state index is 0.137. The highest BCUT2D eigenvalue weighted by Gasteiger charge is 2.33. The highest BCUT2D eigenvalue weighted by Crippen LogP contribution is 2.35. The summed E-state index contributed by atoms with van der Waals surface area (Å²) in [6.07, 6.45) is 4.54. The summed E-state index contributed by atoms with van der Waals surface area (Å²) in [5.74, 6) is 1.01. The van der Waals surface area contributed by atoms with E-state index in [1.807, 2.05) is 6.92 Å². The summed E-state index contributed by atoms with van der Waals surface area (Å²) < 4.78 is 11.4. The largest absolute Gasteiger partial charge is 0.486 e. The SMILES string of the molecule is CC[C@@H](C(=O)NC1CCCC1)N(C(=O)Cn1nnc(-c2ccc(Cl)cc2)n1)c1ccc2c(c1)OCCO2. The number of carbonyl (C=O) groups is 2. The fraction of sp³-hybridized carbons (Fsp3) is 0.423. The second kappa shape index (κ2) is 11.2. The smallest absolute Gasteiger partial charge is 0.251 e. The first-order valence-electron chi connectivity index (χ1n) is 12.6. The first kappa shape index (κ1) is 25.0. The van der Waals surface area contributed by atoms with E-state index in [-0.39, 0.29) is 24.4 Å². The van der Waals surface area contributed by atoms with Gasteiger partial charge in [-0.2, -0.15) is 4.80 Å². The fourth-order valence-electron chi connectivity index (χ4n) is 4.75. The summed E-state index contributed by atoms with van der Waals surface area (Å²) in [5.41, 5.74) is 1.27. The number of anilines is 1. The maximum atomic E-state index is 13.7. The molecule has 1 aliphatic heterocycles.